The quantitative estimate of drug-likeness (QED) is 0.869. The Kier molecular flexibility index (Phi) is 4.43. The number of anilines is 1. The summed E-state index contributed by atoms with van der Waals surface area (Å²) in [5, 5.41) is 4.13. The van der Waals surface area contributed by atoms with Gasteiger partial charge in [0.1, 0.15) is 5.82 Å². The van der Waals surface area contributed by atoms with Crippen LogP contribution in [-0.2, 0) is 6.54 Å². The highest BCUT2D eigenvalue weighted by Crippen LogP contribution is 2.19. The molecule has 0 aromatic carbocycles. The molecule has 1 aliphatic heterocycles. The third-order valence-corrected chi connectivity index (χ3v) is 4.20. The highest BCUT2D eigenvalue weighted by Gasteiger charge is 2.20. The SMILES string of the molecule is Cc1cccnc1N1CCN(Cc2cc(C(C)C)no2)CC1. The lowest BCUT2D eigenvalue weighted by Crippen LogP contribution is -2.46. The third-order valence-electron chi connectivity index (χ3n) is 4.20. The van der Waals surface area contributed by atoms with E-state index in [9.17, 15) is 0 Å². The van der Waals surface area contributed by atoms with Gasteiger partial charge in [0.05, 0.1) is 12.2 Å². The first-order valence-electron chi connectivity index (χ1n) is 7.98. The van der Waals surface area contributed by atoms with Crippen LogP contribution in [0.1, 0.15) is 36.8 Å². The van der Waals surface area contributed by atoms with Gasteiger partial charge in [-0.1, -0.05) is 25.1 Å². The molecule has 0 unspecified atom stereocenters. The number of nitrogens with zero attached hydrogens (tertiary/aromatic N) is 4. The lowest BCUT2D eigenvalue weighted by molar-refractivity contribution is 0.219. The summed E-state index contributed by atoms with van der Waals surface area (Å²) in [6.07, 6.45) is 1.87. The summed E-state index contributed by atoms with van der Waals surface area (Å²) in [4.78, 5) is 9.30. The number of piperazine rings is 1. The van der Waals surface area contributed by atoms with Crippen LogP contribution in [-0.4, -0.2) is 41.2 Å². The van der Waals surface area contributed by atoms with E-state index in [2.05, 4.69) is 52.8 Å². The number of rotatable bonds is 4. The number of aromatic nitrogens is 2. The first-order chi connectivity index (χ1) is 10.6. The summed E-state index contributed by atoms with van der Waals surface area (Å²) < 4.78 is 5.44. The van der Waals surface area contributed by atoms with Crippen LogP contribution in [0.25, 0.3) is 0 Å². The Morgan fingerprint density at radius 3 is 2.64 bits per heavy atom. The maximum atomic E-state index is 5.44. The highest BCUT2D eigenvalue weighted by molar-refractivity contribution is 5.46. The maximum Gasteiger partial charge on any atom is 0.150 e. The number of aryl methyl sites for hydroxylation is 1. The average Bonchev–Trinajstić information content (AvgIpc) is 2.98. The van der Waals surface area contributed by atoms with Crippen molar-refractivity contribution in [3.63, 3.8) is 0 Å². The van der Waals surface area contributed by atoms with Crippen molar-refractivity contribution in [1.82, 2.24) is 15.0 Å². The van der Waals surface area contributed by atoms with E-state index in [4.69, 9.17) is 4.52 Å². The zero-order valence-corrected chi connectivity index (χ0v) is 13.6. The molecule has 0 saturated carbocycles. The van der Waals surface area contributed by atoms with Gasteiger partial charge in [0.2, 0.25) is 0 Å². The van der Waals surface area contributed by atoms with Gasteiger partial charge in [0, 0.05) is 38.4 Å². The van der Waals surface area contributed by atoms with Crippen molar-refractivity contribution in [2.75, 3.05) is 31.1 Å². The molecule has 5 nitrogen and oxygen atoms in total. The predicted octanol–water partition coefficient (Wildman–Crippen LogP) is 2.82. The van der Waals surface area contributed by atoms with Crippen molar-refractivity contribution in [1.29, 1.82) is 0 Å². The van der Waals surface area contributed by atoms with Crippen LogP contribution in [0.2, 0.25) is 0 Å². The molecule has 0 radical (unpaired) electrons. The van der Waals surface area contributed by atoms with Crippen molar-refractivity contribution >= 4 is 5.82 Å². The molecule has 2 aromatic rings. The van der Waals surface area contributed by atoms with E-state index >= 15 is 0 Å². The molecule has 0 spiro atoms. The molecule has 0 amide bonds. The summed E-state index contributed by atoms with van der Waals surface area (Å²) in [5.74, 6) is 2.50. The molecular formula is C17H24N4O. The summed E-state index contributed by atoms with van der Waals surface area (Å²) in [6.45, 7) is 11.3. The Labute approximate surface area is 131 Å². The van der Waals surface area contributed by atoms with E-state index in [1.165, 1.54) is 5.56 Å². The van der Waals surface area contributed by atoms with E-state index in [-0.39, 0.29) is 0 Å². The molecular weight excluding hydrogens is 276 g/mol. The number of hydrogen-bond donors (Lipinski definition) is 0. The second-order valence-corrected chi connectivity index (χ2v) is 6.28. The zero-order chi connectivity index (χ0) is 15.5. The van der Waals surface area contributed by atoms with E-state index in [0.29, 0.717) is 5.92 Å². The van der Waals surface area contributed by atoms with Crippen molar-refractivity contribution in [3.8, 4) is 0 Å². The fraction of sp³-hybridized carbons (Fsp3) is 0.529. The van der Waals surface area contributed by atoms with Gasteiger partial charge < -0.3 is 9.42 Å². The van der Waals surface area contributed by atoms with Crippen LogP contribution in [0.15, 0.2) is 28.9 Å². The van der Waals surface area contributed by atoms with Gasteiger partial charge in [-0.05, 0) is 24.5 Å². The molecule has 1 aliphatic rings. The topological polar surface area (TPSA) is 45.4 Å². The molecule has 0 atom stereocenters. The Bertz CT molecular complexity index is 615. The summed E-state index contributed by atoms with van der Waals surface area (Å²) in [7, 11) is 0. The van der Waals surface area contributed by atoms with E-state index in [1.807, 2.05) is 12.3 Å². The van der Waals surface area contributed by atoms with E-state index in [0.717, 1.165) is 50.0 Å². The lowest BCUT2D eigenvalue weighted by Gasteiger charge is -2.35. The second-order valence-electron chi connectivity index (χ2n) is 6.28. The van der Waals surface area contributed by atoms with Crippen LogP contribution in [0.5, 0.6) is 0 Å². The first kappa shape index (κ1) is 15.0. The van der Waals surface area contributed by atoms with Gasteiger partial charge in [-0.15, -0.1) is 0 Å². The van der Waals surface area contributed by atoms with Gasteiger partial charge in [-0.25, -0.2) is 4.98 Å². The van der Waals surface area contributed by atoms with Gasteiger partial charge >= 0.3 is 0 Å². The Balaban J connectivity index is 1.56. The average molecular weight is 300 g/mol. The van der Waals surface area contributed by atoms with Gasteiger partial charge in [-0.3, -0.25) is 4.90 Å². The molecule has 1 fully saturated rings. The number of pyridine rings is 1. The van der Waals surface area contributed by atoms with Crippen molar-refractivity contribution in [3.05, 3.63) is 41.4 Å². The van der Waals surface area contributed by atoms with Gasteiger partial charge in [0.25, 0.3) is 0 Å². The fourth-order valence-electron chi connectivity index (χ4n) is 2.82. The third kappa shape index (κ3) is 3.30. The predicted molar refractivity (Wildman–Crippen MR) is 87.1 cm³/mol. The highest BCUT2D eigenvalue weighted by atomic mass is 16.5. The van der Waals surface area contributed by atoms with Gasteiger partial charge in [0.15, 0.2) is 5.76 Å². The van der Waals surface area contributed by atoms with Crippen molar-refractivity contribution in [2.45, 2.75) is 33.2 Å². The minimum absolute atomic E-state index is 0.418. The summed E-state index contributed by atoms with van der Waals surface area (Å²) in [5.41, 5.74) is 2.28. The maximum absolute atomic E-state index is 5.44. The van der Waals surface area contributed by atoms with Crippen molar-refractivity contribution in [2.24, 2.45) is 0 Å². The molecule has 1 saturated heterocycles. The largest absolute Gasteiger partial charge is 0.360 e. The standard InChI is InChI=1S/C17H24N4O/c1-13(2)16-11-15(22-19-16)12-20-7-9-21(10-8-20)17-14(3)5-4-6-18-17/h4-6,11,13H,7-10,12H2,1-3H3. The molecule has 22 heavy (non-hydrogen) atoms. The fourth-order valence-corrected chi connectivity index (χ4v) is 2.82. The monoisotopic (exact) mass is 300 g/mol. The smallest absolute Gasteiger partial charge is 0.150 e. The second kappa shape index (κ2) is 6.48. The minimum Gasteiger partial charge on any atom is -0.360 e. The Morgan fingerprint density at radius 2 is 2.00 bits per heavy atom. The van der Waals surface area contributed by atoms with Crippen LogP contribution in [0.4, 0.5) is 5.82 Å². The number of hydrogen-bond acceptors (Lipinski definition) is 5. The Hall–Kier alpha value is -1.88. The molecule has 2 aromatic heterocycles. The summed E-state index contributed by atoms with van der Waals surface area (Å²) >= 11 is 0. The molecule has 3 rings (SSSR count). The van der Waals surface area contributed by atoms with Crippen LogP contribution in [0.3, 0.4) is 0 Å². The summed E-state index contributed by atoms with van der Waals surface area (Å²) in [6, 6.07) is 6.20. The van der Waals surface area contributed by atoms with E-state index < -0.39 is 0 Å². The van der Waals surface area contributed by atoms with E-state index in [1.54, 1.807) is 0 Å². The van der Waals surface area contributed by atoms with Gasteiger partial charge in [-0.2, -0.15) is 0 Å². The van der Waals surface area contributed by atoms with Crippen LogP contribution >= 0.6 is 0 Å². The normalized spacial score (nSPS) is 16.5. The molecule has 0 aliphatic carbocycles. The van der Waals surface area contributed by atoms with Crippen LogP contribution < -0.4 is 4.90 Å². The first-order valence-corrected chi connectivity index (χ1v) is 7.98. The lowest BCUT2D eigenvalue weighted by atomic mass is 10.1. The zero-order valence-electron chi connectivity index (χ0n) is 13.6. The minimum atomic E-state index is 0.418. The van der Waals surface area contributed by atoms with Crippen molar-refractivity contribution < 1.29 is 4.52 Å². The Morgan fingerprint density at radius 1 is 1.23 bits per heavy atom. The molecule has 5 heteroatoms. The van der Waals surface area contributed by atoms with Crippen LogP contribution in [0, 0.1) is 6.92 Å². The molecule has 0 N–H and O–H groups in total. The molecule has 0 bridgehead atoms. The molecule has 118 valence electrons. The molecule has 3 heterocycles.